The number of hydrogen-bond donors (Lipinski definition) is 1. The molecule has 0 aliphatic rings. The van der Waals surface area contributed by atoms with Crippen LogP contribution in [0.4, 0.5) is 0 Å². The summed E-state index contributed by atoms with van der Waals surface area (Å²) in [6.45, 7) is 11.5. The van der Waals surface area contributed by atoms with Crippen molar-refractivity contribution in [2.75, 3.05) is 13.2 Å². The molecule has 0 bridgehead atoms. The van der Waals surface area contributed by atoms with E-state index in [0.29, 0.717) is 6.61 Å². The summed E-state index contributed by atoms with van der Waals surface area (Å²) < 4.78 is 7.89. The average Bonchev–Trinajstić information content (AvgIpc) is 2.80. The molecule has 1 N–H and O–H groups in total. The number of fused-ring (bicyclic) bond motifs is 1. The van der Waals surface area contributed by atoms with Crippen LogP contribution in [0.15, 0.2) is 30.5 Å². The average molecular weight is 288 g/mol. The minimum Gasteiger partial charge on any atom is -0.494 e. The Bertz CT molecular complexity index is 566. The lowest BCUT2D eigenvalue weighted by atomic mass is 10.1. The van der Waals surface area contributed by atoms with Crippen LogP contribution in [0.3, 0.4) is 0 Å². The first-order chi connectivity index (χ1) is 9.99. The number of ether oxygens (including phenoxy) is 1. The highest BCUT2D eigenvalue weighted by Crippen LogP contribution is 2.22. The summed E-state index contributed by atoms with van der Waals surface area (Å²) in [7, 11) is 0. The Balaban J connectivity index is 1.88. The molecule has 0 spiro atoms. The highest BCUT2D eigenvalue weighted by atomic mass is 16.5. The number of aryl methyl sites for hydroxylation is 1. The fourth-order valence-corrected chi connectivity index (χ4v) is 2.50. The normalized spacial score (nSPS) is 12.0. The van der Waals surface area contributed by atoms with Gasteiger partial charge < -0.3 is 14.6 Å². The van der Waals surface area contributed by atoms with Crippen molar-refractivity contribution < 1.29 is 4.74 Å². The highest BCUT2D eigenvalue weighted by molar-refractivity contribution is 5.81. The molecule has 0 aliphatic heterocycles. The summed E-state index contributed by atoms with van der Waals surface area (Å²) in [6.07, 6.45) is 4.58. The van der Waals surface area contributed by atoms with Gasteiger partial charge in [-0.15, -0.1) is 0 Å². The van der Waals surface area contributed by atoms with Crippen LogP contribution in [0, 0.1) is 0 Å². The molecule has 0 aliphatic carbocycles. The molecule has 1 aromatic heterocycles. The first kappa shape index (κ1) is 15.9. The van der Waals surface area contributed by atoms with Gasteiger partial charge in [0.15, 0.2) is 0 Å². The molecule has 116 valence electrons. The molecule has 3 nitrogen and oxygen atoms in total. The topological polar surface area (TPSA) is 26.2 Å². The molecule has 0 fully saturated rings. The molecule has 3 heteroatoms. The predicted octanol–water partition coefficient (Wildman–Crippen LogP) is 4.21. The summed E-state index contributed by atoms with van der Waals surface area (Å²) in [4.78, 5) is 0. The summed E-state index contributed by atoms with van der Waals surface area (Å²) in [5.41, 5.74) is 1.51. The molecule has 1 aromatic carbocycles. The maximum absolute atomic E-state index is 5.55. The van der Waals surface area contributed by atoms with E-state index >= 15 is 0 Å². The SMILES string of the molecule is CCOc1ccc2c(ccn2CCCCNC(C)(C)C)c1. The van der Waals surface area contributed by atoms with Crippen molar-refractivity contribution in [3.05, 3.63) is 30.5 Å². The summed E-state index contributed by atoms with van der Waals surface area (Å²) in [5, 5.41) is 4.79. The zero-order chi connectivity index (χ0) is 15.3. The predicted molar refractivity (Wildman–Crippen MR) is 90.1 cm³/mol. The largest absolute Gasteiger partial charge is 0.494 e. The second-order valence-electron chi connectivity index (χ2n) is 6.55. The van der Waals surface area contributed by atoms with Crippen LogP contribution < -0.4 is 10.1 Å². The Labute approximate surface area is 128 Å². The molecule has 0 radical (unpaired) electrons. The monoisotopic (exact) mass is 288 g/mol. The number of hydrogen-bond acceptors (Lipinski definition) is 2. The van der Waals surface area contributed by atoms with Gasteiger partial charge in [-0.2, -0.15) is 0 Å². The lowest BCUT2D eigenvalue weighted by molar-refractivity contribution is 0.340. The second kappa shape index (κ2) is 6.99. The van der Waals surface area contributed by atoms with E-state index in [9.17, 15) is 0 Å². The molecule has 21 heavy (non-hydrogen) atoms. The number of nitrogens with zero attached hydrogens (tertiary/aromatic N) is 1. The van der Waals surface area contributed by atoms with Gasteiger partial charge in [0.25, 0.3) is 0 Å². The van der Waals surface area contributed by atoms with E-state index in [4.69, 9.17) is 4.74 Å². The number of rotatable bonds is 7. The molecular weight excluding hydrogens is 260 g/mol. The fraction of sp³-hybridized carbons (Fsp3) is 0.556. The van der Waals surface area contributed by atoms with E-state index in [1.54, 1.807) is 0 Å². The van der Waals surface area contributed by atoms with Gasteiger partial charge >= 0.3 is 0 Å². The first-order valence-electron chi connectivity index (χ1n) is 7.96. The molecule has 2 rings (SSSR count). The van der Waals surface area contributed by atoms with Crippen LogP contribution in [0.25, 0.3) is 10.9 Å². The van der Waals surface area contributed by atoms with Crippen LogP contribution in [0.1, 0.15) is 40.5 Å². The van der Waals surface area contributed by atoms with Crippen LogP contribution in [-0.4, -0.2) is 23.3 Å². The first-order valence-corrected chi connectivity index (χ1v) is 7.96. The summed E-state index contributed by atoms with van der Waals surface area (Å²) in [5.74, 6) is 0.956. The Hall–Kier alpha value is -1.48. The lowest BCUT2D eigenvalue weighted by Crippen LogP contribution is -2.36. The van der Waals surface area contributed by atoms with E-state index < -0.39 is 0 Å². The maximum atomic E-state index is 5.55. The van der Waals surface area contributed by atoms with Gasteiger partial charge in [-0.05, 0) is 71.3 Å². The third-order valence-corrected chi connectivity index (χ3v) is 3.53. The summed E-state index contributed by atoms with van der Waals surface area (Å²) in [6, 6.07) is 8.51. The van der Waals surface area contributed by atoms with Crippen molar-refractivity contribution in [2.45, 2.75) is 52.6 Å². The number of aromatic nitrogens is 1. The van der Waals surface area contributed by atoms with Crippen LogP contribution in [0.5, 0.6) is 5.75 Å². The van der Waals surface area contributed by atoms with E-state index in [2.05, 4.69) is 61.1 Å². The van der Waals surface area contributed by atoms with E-state index in [1.165, 1.54) is 23.7 Å². The van der Waals surface area contributed by atoms with Gasteiger partial charge in [0, 0.05) is 29.2 Å². The zero-order valence-electron chi connectivity index (χ0n) is 13.8. The number of benzene rings is 1. The van der Waals surface area contributed by atoms with E-state index in [0.717, 1.165) is 18.8 Å². The van der Waals surface area contributed by atoms with Crippen molar-refractivity contribution in [1.82, 2.24) is 9.88 Å². The molecule has 0 atom stereocenters. The minimum atomic E-state index is 0.218. The Morgan fingerprint density at radius 3 is 2.67 bits per heavy atom. The third-order valence-electron chi connectivity index (χ3n) is 3.53. The molecule has 0 saturated carbocycles. The van der Waals surface area contributed by atoms with Crippen LogP contribution in [0.2, 0.25) is 0 Å². The standard InChI is InChI=1S/C18H28N2O/c1-5-21-16-8-9-17-15(14-16)10-13-20(17)12-7-6-11-19-18(2,3)4/h8-10,13-14,19H,5-7,11-12H2,1-4H3. The molecule has 0 saturated heterocycles. The summed E-state index contributed by atoms with van der Waals surface area (Å²) >= 11 is 0. The maximum Gasteiger partial charge on any atom is 0.120 e. The highest BCUT2D eigenvalue weighted by Gasteiger charge is 2.07. The quantitative estimate of drug-likeness (QED) is 0.772. The minimum absolute atomic E-state index is 0.218. The second-order valence-corrected chi connectivity index (χ2v) is 6.55. The van der Waals surface area contributed by atoms with Crippen LogP contribution >= 0.6 is 0 Å². The van der Waals surface area contributed by atoms with Gasteiger partial charge in [-0.25, -0.2) is 0 Å². The number of nitrogens with one attached hydrogen (secondary N) is 1. The Morgan fingerprint density at radius 2 is 1.95 bits per heavy atom. The Morgan fingerprint density at radius 1 is 1.14 bits per heavy atom. The lowest BCUT2D eigenvalue weighted by Gasteiger charge is -2.20. The fourth-order valence-electron chi connectivity index (χ4n) is 2.50. The van der Waals surface area contributed by atoms with E-state index in [1.807, 2.05) is 6.92 Å². The Kier molecular flexibility index (Phi) is 5.29. The smallest absolute Gasteiger partial charge is 0.120 e. The van der Waals surface area contributed by atoms with Gasteiger partial charge in [0.05, 0.1) is 6.61 Å². The molecular formula is C18H28N2O. The van der Waals surface area contributed by atoms with Crippen LogP contribution in [-0.2, 0) is 6.54 Å². The molecule has 1 heterocycles. The van der Waals surface area contributed by atoms with Crippen molar-refractivity contribution in [3.8, 4) is 5.75 Å². The van der Waals surface area contributed by atoms with Gasteiger partial charge in [0.2, 0.25) is 0 Å². The van der Waals surface area contributed by atoms with Crippen molar-refractivity contribution in [3.63, 3.8) is 0 Å². The van der Waals surface area contributed by atoms with E-state index in [-0.39, 0.29) is 5.54 Å². The van der Waals surface area contributed by atoms with Crippen molar-refractivity contribution in [1.29, 1.82) is 0 Å². The van der Waals surface area contributed by atoms with Crippen molar-refractivity contribution >= 4 is 10.9 Å². The number of unbranched alkanes of at least 4 members (excludes halogenated alkanes) is 1. The van der Waals surface area contributed by atoms with Gasteiger partial charge in [-0.3, -0.25) is 0 Å². The van der Waals surface area contributed by atoms with Gasteiger partial charge in [-0.1, -0.05) is 0 Å². The third kappa shape index (κ3) is 4.78. The molecule has 0 unspecified atom stereocenters. The zero-order valence-corrected chi connectivity index (χ0v) is 13.8. The van der Waals surface area contributed by atoms with Crippen molar-refractivity contribution in [2.24, 2.45) is 0 Å². The van der Waals surface area contributed by atoms with Gasteiger partial charge in [0.1, 0.15) is 5.75 Å². The molecule has 0 amide bonds. The molecule has 2 aromatic rings.